The molecule has 1 aromatic rings. The Kier molecular flexibility index (Phi) is 7.10. The first-order chi connectivity index (χ1) is 12.7. The zero-order valence-corrected chi connectivity index (χ0v) is 17.5. The Balaban J connectivity index is 1.82. The average Bonchev–Trinajstić information content (AvgIpc) is 3.22. The summed E-state index contributed by atoms with van der Waals surface area (Å²) in [4.78, 5) is 20.6. The molecule has 1 amide bonds. The molecule has 1 N–H and O–H groups in total. The summed E-state index contributed by atoms with van der Waals surface area (Å²) in [6.07, 6.45) is 4.85. The zero-order valence-electron chi connectivity index (χ0n) is 17.5. The molecule has 0 radical (unpaired) electrons. The highest BCUT2D eigenvalue weighted by Gasteiger charge is 2.27. The highest BCUT2D eigenvalue weighted by Crippen LogP contribution is 2.26. The monoisotopic (exact) mass is 378 g/mol. The number of aliphatic imine (C=N–C) groups is 1. The second-order valence-corrected chi connectivity index (χ2v) is 7.91. The number of hydrogen-bond donors (Lipinski definition) is 1. The number of likely N-dealkylation sites (tertiary alicyclic amines) is 1. The van der Waals surface area contributed by atoms with Crippen molar-refractivity contribution in [3.8, 4) is 0 Å². The zero-order chi connectivity index (χ0) is 20.0. The summed E-state index contributed by atoms with van der Waals surface area (Å²) in [6, 6.07) is 0. The number of likely N-dealkylation sites (N-methyl/N-ethyl adjacent to an activating group) is 1. The van der Waals surface area contributed by atoms with E-state index >= 15 is 0 Å². The van der Waals surface area contributed by atoms with Gasteiger partial charge in [-0.05, 0) is 39.7 Å². The van der Waals surface area contributed by atoms with Crippen LogP contribution < -0.4 is 5.32 Å². The van der Waals surface area contributed by atoms with Gasteiger partial charge in [-0.1, -0.05) is 0 Å². The molecular formula is C19H34N6O2. The lowest BCUT2D eigenvalue weighted by Crippen LogP contribution is -2.45. The molecule has 1 saturated heterocycles. The Morgan fingerprint density at radius 2 is 2.22 bits per heavy atom. The van der Waals surface area contributed by atoms with Gasteiger partial charge in [0.05, 0.1) is 6.20 Å². The number of nitrogens with one attached hydrogen (secondary N) is 1. The molecule has 0 saturated carbocycles. The molecule has 27 heavy (non-hydrogen) atoms. The number of rotatable bonds is 5. The van der Waals surface area contributed by atoms with Crippen LogP contribution in [0.15, 0.2) is 17.4 Å². The van der Waals surface area contributed by atoms with E-state index in [4.69, 9.17) is 4.74 Å². The normalized spacial score (nSPS) is 17.9. The summed E-state index contributed by atoms with van der Waals surface area (Å²) in [5, 5.41) is 7.65. The lowest BCUT2D eigenvalue weighted by molar-refractivity contribution is 0.0263. The fourth-order valence-electron chi connectivity index (χ4n) is 3.22. The molecule has 2 heterocycles. The number of aromatic nitrogens is 2. The highest BCUT2D eigenvalue weighted by atomic mass is 16.6. The van der Waals surface area contributed by atoms with Crippen LogP contribution >= 0.6 is 0 Å². The van der Waals surface area contributed by atoms with Gasteiger partial charge in [-0.15, -0.1) is 0 Å². The minimum atomic E-state index is -0.481. The first-order valence-corrected chi connectivity index (χ1v) is 9.65. The second kappa shape index (κ2) is 9.10. The smallest absolute Gasteiger partial charge is 0.410 e. The molecule has 0 spiro atoms. The van der Waals surface area contributed by atoms with Crippen molar-refractivity contribution in [1.82, 2.24) is 24.9 Å². The van der Waals surface area contributed by atoms with Gasteiger partial charge in [0.15, 0.2) is 5.96 Å². The van der Waals surface area contributed by atoms with Crippen molar-refractivity contribution in [3.05, 3.63) is 18.0 Å². The minimum Gasteiger partial charge on any atom is -0.444 e. The van der Waals surface area contributed by atoms with Crippen LogP contribution in [-0.4, -0.2) is 77.0 Å². The molecule has 0 aliphatic carbocycles. The molecule has 2 rings (SSSR count). The number of aryl methyl sites for hydroxylation is 1. The largest absolute Gasteiger partial charge is 0.444 e. The van der Waals surface area contributed by atoms with Gasteiger partial charge >= 0.3 is 6.09 Å². The van der Waals surface area contributed by atoms with Gasteiger partial charge in [-0.2, -0.15) is 5.10 Å². The molecule has 1 aliphatic heterocycles. The number of hydrogen-bond acceptors (Lipinski definition) is 4. The Bertz CT molecular complexity index is 649. The molecule has 8 nitrogen and oxygen atoms in total. The Morgan fingerprint density at radius 3 is 2.78 bits per heavy atom. The van der Waals surface area contributed by atoms with Crippen molar-refractivity contribution < 1.29 is 9.53 Å². The molecule has 1 atom stereocenters. The number of ether oxygens (including phenoxy) is 1. The van der Waals surface area contributed by atoms with Gasteiger partial charge in [0.2, 0.25) is 0 Å². The summed E-state index contributed by atoms with van der Waals surface area (Å²) in [5.41, 5.74) is 0.794. The van der Waals surface area contributed by atoms with E-state index in [9.17, 15) is 4.79 Å². The third kappa shape index (κ3) is 6.15. The van der Waals surface area contributed by atoms with Gasteiger partial charge in [-0.3, -0.25) is 9.67 Å². The van der Waals surface area contributed by atoms with E-state index < -0.39 is 5.60 Å². The first-order valence-electron chi connectivity index (χ1n) is 9.65. The van der Waals surface area contributed by atoms with Gasteiger partial charge in [0.1, 0.15) is 5.60 Å². The fraction of sp³-hybridized carbons (Fsp3) is 0.737. The Hall–Kier alpha value is -2.25. The topological polar surface area (TPSA) is 75.0 Å². The van der Waals surface area contributed by atoms with E-state index in [0.29, 0.717) is 25.6 Å². The van der Waals surface area contributed by atoms with Crippen LogP contribution in [0.2, 0.25) is 0 Å². The molecule has 0 aromatic carbocycles. The van der Waals surface area contributed by atoms with Crippen molar-refractivity contribution in [2.24, 2.45) is 12.0 Å². The summed E-state index contributed by atoms with van der Waals surface area (Å²) >= 11 is 0. The minimum absolute atomic E-state index is 0.278. The van der Waals surface area contributed by atoms with Gasteiger partial charge in [0.25, 0.3) is 0 Å². The third-order valence-electron chi connectivity index (χ3n) is 4.59. The van der Waals surface area contributed by atoms with Crippen LogP contribution in [0.3, 0.4) is 0 Å². The van der Waals surface area contributed by atoms with Crippen LogP contribution in [0.5, 0.6) is 0 Å². The van der Waals surface area contributed by atoms with Crippen molar-refractivity contribution >= 4 is 12.1 Å². The third-order valence-corrected chi connectivity index (χ3v) is 4.59. The number of amides is 1. The number of carbonyl (C=O) groups excluding carboxylic acids is 1. The van der Waals surface area contributed by atoms with Crippen molar-refractivity contribution in [3.63, 3.8) is 0 Å². The predicted octanol–water partition coefficient (Wildman–Crippen LogP) is 2.04. The van der Waals surface area contributed by atoms with Crippen molar-refractivity contribution in [2.75, 3.05) is 39.8 Å². The molecular weight excluding hydrogens is 344 g/mol. The SMILES string of the molecule is CCN(CCNC(=NC)N1CCC(c2cnn(C)c2)C1)C(=O)OC(C)(C)C. The summed E-state index contributed by atoms with van der Waals surface area (Å²) < 4.78 is 7.30. The van der Waals surface area contributed by atoms with E-state index in [2.05, 4.69) is 26.5 Å². The van der Waals surface area contributed by atoms with Gasteiger partial charge < -0.3 is 19.9 Å². The molecule has 1 aromatic heterocycles. The van der Waals surface area contributed by atoms with Crippen LogP contribution in [-0.2, 0) is 11.8 Å². The molecule has 152 valence electrons. The molecule has 1 aliphatic rings. The van der Waals surface area contributed by atoms with Gasteiger partial charge in [0, 0.05) is 58.9 Å². The quantitative estimate of drug-likeness (QED) is 0.627. The van der Waals surface area contributed by atoms with Crippen LogP contribution in [0.4, 0.5) is 4.79 Å². The maximum absolute atomic E-state index is 12.2. The number of nitrogens with zero attached hydrogens (tertiary/aromatic N) is 5. The number of carbonyl (C=O) groups is 1. The van der Waals surface area contributed by atoms with E-state index in [0.717, 1.165) is 25.5 Å². The predicted molar refractivity (Wildman–Crippen MR) is 107 cm³/mol. The Morgan fingerprint density at radius 1 is 1.48 bits per heavy atom. The standard InChI is InChI=1S/C19H34N6O2/c1-7-24(18(26)27-19(2,3)4)11-9-21-17(20-5)25-10-8-15(14-25)16-12-22-23(6)13-16/h12-13,15H,7-11,14H2,1-6H3,(H,20,21). The fourth-order valence-corrected chi connectivity index (χ4v) is 3.22. The molecule has 1 fully saturated rings. The van der Waals surface area contributed by atoms with Crippen LogP contribution in [0.1, 0.15) is 45.6 Å². The van der Waals surface area contributed by atoms with Crippen molar-refractivity contribution in [2.45, 2.75) is 45.6 Å². The highest BCUT2D eigenvalue weighted by molar-refractivity contribution is 5.80. The van der Waals surface area contributed by atoms with E-state index in [1.807, 2.05) is 45.6 Å². The van der Waals surface area contributed by atoms with E-state index in [-0.39, 0.29) is 6.09 Å². The molecule has 8 heteroatoms. The van der Waals surface area contributed by atoms with Crippen LogP contribution in [0.25, 0.3) is 0 Å². The lowest BCUT2D eigenvalue weighted by Gasteiger charge is -2.27. The second-order valence-electron chi connectivity index (χ2n) is 7.91. The lowest BCUT2D eigenvalue weighted by atomic mass is 10.0. The maximum atomic E-state index is 12.2. The van der Waals surface area contributed by atoms with Crippen LogP contribution in [0, 0.1) is 0 Å². The summed E-state index contributed by atoms with van der Waals surface area (Å²) in [5.74, 6) is 1.35. The number of guanidine groups is 1. The first kappa shape index (κ1) is 21.1. The van der Waals surface area contributed by atoms with Crippen molar-refractivity contribution in [1.29, 1.82) is 0 Å². The van der Waals surface area contributed by atoms with E-state index in [1.165, 1.54) is 5.56 Å². The molecule has 1 unspecified atom stereocenters. The Labute approximate surface area is 162 Å². The van der Waals surface area contributed by atoms with E-state index in [1.54, 1.807) is 11.9 Å². The van der Waals surface area contributed by atoms with Gasteiger partial charge in [-0.25, -0.2) is 4.79 Å². The summed E-state index contributed by atoms with van der Waals surface area (Å²) in [6.45, 7) is 11.3. The molecule has 0 bridgehead atoms. The maximum Gasteiger partial charge on any atom is 0.410 e. The average molecular weight is 379 g/mol. The summed E-state index contributed by atoms with van der Waals surface area (Å²) in [7, 11) is 3.74.